The molecule has 0 N–H and O–H groups in total. The van der Waals surface area contributed by atoms with Gasteiger partial charge in [0.1, 0.15) is 0 Å². The van der Waals surface area contributed by atoms with E-state index in [1.54, 1.807) is 0 Å². The highest BCUT2D eigenvalue weighted by molar-refractivity contribution is 5.15. The Kier molecular flexibility index (Phi) is 5.94. The van der Waals surface area contributed by atoms with E-state index in [2.05, 4.69) is 44.4 Å². The Bertz CT molecular complexity index is 799. The highest BCUT2D eigenvalue weighted by atomic mass is 16.5. The normalized spacial score (nSPS) is 18.0. The SMILES string of the molecule is c1ccc(CCc2noc(CN3CCCCC3CCn3cccn3)n2)cc1. The first-order valence-corrected chi connectivity index (χ1v) is 9.94. The number of likely N-dealkylation sites (tertiary alicyclic amines) is 1. The van der Waals surface area contributed by atoms with Crippen LogP contribution in [0.5, 0.6) is 0 Å². The second-order valence-corrected chi connectivity index (χ2v) is 7.27. The second-order valence-electron chi connectivity index (χ2n) is 7.27. The van der Waals surface area contributed by atoms with Crippen molar-refractivity contribution >= 4 is 0 Å². The molecule has 1 aliphatic rings. The number of nitrogens with zero attached hydrogens (tertiary/aromatic N) is 5. The minimum atomic E-state index is 0.558. The average Bonchev–Trinajstić information content (AvgIpc) is 3.39. The fraction of sp³-hybridized carbons (Fsp3) is 0.476. The molecule has 0 bridgehead atoms. The molecule has 27 heavy (non-hydrogen) atoms. The van der Waals surface area contributed by atoms with Gasteiger partial charge in [0.15, 0.2) is 5.82 Å². The van der Waals surface area contributed by atoms with Gasteiger partial charge in [-0.15, -0.1) is 0 Å². The minimum absolute atomic E-state index is 0.558. The number of hydrogen-bond acceptors (Lipinski definition) is 5. The maximum atomic E-state index is 5.53. The standard InChI is InChI=1S/C21H27N5O/c1-2-7-18(8-3-1)10-11-20-23-21(27-24-20)17-25-14-5-4-9-19(25)12-16-26-15-6-13-22-26/h1-3,6-8,13,15,19H,4-5,9-12,14,16-17H2. The van der Waals surface area contributed by atoms with Gasteiger partial charge in [-0.1, -0.05) is 41.9 Å². The Hall–Kier alpha value is -2.47. The van der Waals surface area contributed by atoms with Gasteiger partial charge in [-0.2, -0.15) is 10.1 Å². The third kappa shape index (κ3) is 5.04. The predicted molar refractivity (Wildman–Crippen MR) is 103 cm³/mol. The van der Waals surface area contributed by atoms with Crippen LogP contribution >= 0.6 is 0 Å². The topological polar surface area (TPSA) is 60.0 Å². The largest absolute Gasteiger partial charge is 0.338 e. The number of piperidine rings is 1. The Morgan fingerprint density at radius 2 is 2.00 bits per heavy atom. The van der Waals surface area contributed by atoms with Crippen LogP contribution in [0.4, 0.5) is 0 Å². The van der Waals surface area contributed by atoms with Gasteiger partial charge in [-0.3, -0.25) is 9.58 Å². The minimum Gasteiger partial charge on any atom is -0.338 e. The summed E-state index contributed by atoms with van der Waals surface area (Å²) in [5.41, 5.74) is 1.30. The number of hydrogen-bond donors (Lipinski definition) is 0. The zero-order valence-electron chi connectivity index (χ0n) is 15.7. The van der Waals surface area contributed by atoms with E-state index in [0.717, 1.165) is 50.6 Å². The summed E-state index contributed by atoms with van der Waals surface area (Å²) >= 11 is 0. The molecule has 2 aromatic heterocycles. The molecule has 142 valence electrons. The van der Waals surface area contributed by atoms with E-state index in [0.29, 0.717) is 6.04 Å². The van der Waals surface area contributed by atoms with E-state index in [9.17, 15) is 0 Å². The maximum Gasteiger partial charge on any atom is 0.240 e. The third-order valence-electron chi connectivity index (χ3n) is 5.33. The van der Waals surface area contributed by atoms with Crippen molar-refractivity contribution < 1.29 is 4.52 Å². The molecule has 0 aliphatic carbocycles. The molecule has 1 aliphatic heterocycles. The third-order valence-corrected chi connectivity index (χ3v) is 5.33. The molecule has 1 unspecified atom stereocenters. The van der Waals surface area contributed by atoms with Crippen LogP contribution in [-0.2, 0) is 25.9 Å². The second kappa shape index (κ2) is 8.95. The van der Waals surface area contributed by atoms with Crippen LogP contribution in [0, 0.1) is 0 Å². The molecule has 0 amide bonds. The van der Waals surface area contributed by atoms with Crippen molar-refractivity contribution in [3.63, 3.8) is 0 Å². The van der Waals surface area contributed by atoms with E-state index in [-0.39, 0.29) is 0 Å². The zero-order chi connectivity index (χ0) is 18.3. The first kappa shape index (κ1) is 17.9. The van der Waals surface area contributed by atoms with Gasteiger partial charge >= 0.3 is 0 Å². The average molecular weight is 365 g/mol. The maximum absolute atomic E-state index is 5.53. The van der Waals surface area contributed by atoms with E-state index >= 15 is 0 Å². The lowest BCUT2D eigenvalue weighted by molar-refractivity contribution is 0.113. The first-order valence-electron chi connectivity index (χ1n) is 9.94. The van der Waals surface area contributed by atoms with Gasteiger partial charge in [-0.05, 0) is 43.9 Å². The lowest BCUT2D eigenvalue weighted by Crippen LogP contribution is -2.39. The van der Waals surface area contributed by atoms with Crippen molar-refractivity contribution in [2.75, 3.05) is 6.54 Å². The van der Waals surface area contributed by atoms with Crippen LogP contribution in [0.15, 0.2) is 53.3 Å². The highest BCUT2D eigenvalue weighted by Gasteiger charge is 2.24. The molecule has 1 fully saturated rings. The number of aryl methyl sites for hydroxylation is 3. The van der Waals surface area contributed by atoms with Crippen LogP contribution in [0.2, 0.25) is 0 Å². The summed E-state index contributed by atoms with van der Waals surface area (Å²) in [7, 11) is 0. The molecule has 3 aromatic rings. The molecule has 0 spiro atoms. The fourth-order valence-corrected chi connectivity index (χ4v) is 3.84. The molecule has 0 saturated carbocycles. The number of rotatable bonds is 8. The predicted octanol–water partition coefficient (Wildman–Crippen LogP) is 3.50. The smallest absolute Gasteiger partial charge is 0.240 e. The van der Waals surface area contributed by atoms with Gasteiger partial charge in [0.25, 0.3) is 0 Å². The van der Waals surface area contributed by atoms with Crippen molar-refractivity contribution in [1.29, 1.82) is 0 Å². The van der Waals surface area contributed by atoms with Gasteiger partial charge in [-0.25, -0.2) is 0 Å². The molecular formula is C21H27N5O. The summed E-state index contributed by atoms with van der Waals surface area (Å²) in [5, 5.41) is 8.50. The van der Waals surface area contributed by atoms with E-state index in [1.807, 2.05) is 29.2 Å². The van der Waals surface area contributed by atoms with Gasteiger partial charge in [0, 0.05) is 31.4 Å². The number of aromatic nitrogens is 4. The molecule has 3 heterocycles. The Morgan fingerprint density at radius 1 is 1.07 bits per heavy atom. The van der Waals surface area contributed by atoms with E-state index in [1.165, 1.54) is 24.8 Å². The first-order chi connectivity index (χ1) is 13.4. The summed E-state index contributed by atoms with van der Waals surface area (Å²) in [4.78, 5) is 7.13. The van der Waals surface area contributed by atoms with Gasteiger partial charge < -0.3 is 4.52 Å². The summed E-state index contributed by atoms with van der Waals surface area (Å²) in [6.07, 6.45) is 10.5. The quantitative estimate of drug-likeness (QED) is 0.611. The molecule has 6 nitrogen and oxygen atoms in total. The molecule has 4 rings (SSSR count). The van der Waals surface area contributed by atoms with Crippen molar-refractivity contribution in [3.05, 3.63) is 66.1 Å². The van der Waals surface area contributed by atoms with Gasteiger partial charge in [0.2, 0.25) is 5.89 Å². The Morgan fingerprint density at radius 3 is 2.85 bits per heavy atom. The molecular weight excluding hydrogens is 338 g/mol. The lowest BCUT2D eigenvalue weighted by Gasteiger charge is -2.34. The highest BCUT2D eigenvalue weighted by Crippen LogP contribution is 2.22. The molecule has 0 radical (unpaired) electrons. The molecule has 1 saturated heterocycles. The Labute approximate surface area is 160 Å². The molecule has 6 heteroatoms. The van der Waals surface area contributed by atoms with Crippen LogP contribution in [0.25, 0.3) is 0 Å². The van der Waals surface area contributed by atoms with Crippen LogP contribution in [-0.4, -0.2) is 37.4 Å². The summed E-state index contributed by atoms with van der Waals surface area (Å²) in [5.74, 6) is 1.54. The monoisotopic (exact) mass is 365 g/mol. The summed E-state index contributed by atoms with van der Waals surface area (Å²) in [6.45, 7) is 2.81. The Balaban J connectivity index is 1.31. The number of benzene rings is 1. The summed E-state index contributed by atoms with van der Waals surface area (Å²) in [6, 6.07) is 13.0. The van der Waals surface area contributed by atoms with Crippen molar-refractivity contribution in [1.82, 2.24) is 24.8 Å². The van der Waals surface area contributed by atoms with Crippen molar-refractivity contribution in [2.45, 2.75) is 57.7 Å². The summed E-state index contributed by atoms with van der Waals surface area (Å²) < 4.78 is 7.55. The fourth-order valence-electron chi connectivity index (χ4n) is 3.84. The van der Waals surface area contributed by atoms with Crippen molar-refractivity contribution in [3.8, 4) is 0 Å². The van der Waals surface area contributed by atoms with Crippen molar-refractivity contribution in [2.24, 2.45) is 0 Å². The van der Waals surface area contributed by atoms with Crippen LogP contribution in [0.3, 0.4) is 0 Å². The molecule has 1 aromatic carbocycles. The zero-order valence-corrected chi connectivity index (χ0v) is 15.7. The van der Waals surface area contributed by atoms with Gasteiger partial charge in [0.05, 0.1) is 6.54 Å². The van der Waals surface area contributed by atoms with Crippen LogP contribution < -0.4 is 0 Å². The van der Waals surface area contributed by atoms with Crippen LogP contribution in [0.1, 0.15) is 43.0 Å². The van der Waals surface area contributed by atoms with E-state index in [4.69, 9.17) is 4.52 Å². The van der Waals surface area contributed by atoms with E-state index < -0.39 is 0 Å². The lowest BCUT2D eigenvalue weighted by atomic mass is 9.99. The molecule has 1 atom stereocenters.